The monoisotopic (exact) mass is 357 g/mol. The van der Waals surface area contributed by atoms with Gasteiger partial charge in [-0.3, -0.25) is 4.79 Å². The van der Waals surface area contributed by atoms with E-state index in [0.717, 1.165) is 44.9 Å². The average Bonchev–Trinajstić information content (AvgIpc) is 2.96. The van der Waals surface area contributed by atoms with E-state index in [1.54, 1.807) is 19.1 Å². The third kappa shape index (κ3) is 4.23. The Balaban J connectivity index is 1.83. The van der Waals surface area contributed by atoms with E-state index in [-0.39, 0.29) is 5.91 Å². The summed E-state index contributed by atoms with van der Waals surface area (Å²) in [5.74, 6) is 1.69. The summed E-state index contributed by atoms with van der Waals surface area (Å²) in [5.41, 5.74) is 0.0217. The van der Waals surface area contributed by atoms with Gasteiger partial charge in [0.1, 0.15) is 11.3 Å². The quantitative estimate of drug-likeness (QED) is 0.786. The maximum Gasteiger partial charge on any atom is 0.252 e. The molecule has 6 heteroatoms. The normalized spacial score (nSPS) is 16.7. The Morgan fingerprint density at radius 3 is 2.69 bits per heavy atom. The van der Waals surface area contributed by atoms with Gasteiger partial charge in [0.25, 0.3) is 5.91 Å². The third-order valence-corrected chi connectivity index (χ3v) is 4.83. The molecule has 1 amide bonds. The number of amides is 1. The average molecular weight is 357 g/mol. The molecule has 1 N–H and O–H groups in total. The van der Waals surface area contributed by atoms with Gasteiger partial charge in [0.05, 0.1) is 6.61 Å². The molecule has 6 nitrogen and oxygen atoms in total. The second-order valence-electron chi connectivity index (χ2n) is 6.96. The van der Waals surface area contributed by atoms with Crippen molar-refractivity contribution in [3.05, 3.63) is 41.5 Å². The van der Waals surface area contributed by atoms with Gasteiger partial charge in [0.15, 0.2) is 5.82 Å². The van der Waals surface area contributed by atoms with Crippen molar-refractivity contribution in [1.29, 1.82) is 0 Å². The van der Waals surface area contributed by atoms with E-state index >= 15 is 0 Å². The highest BCUT2D eigenvalue weighted by atomic mass is 16.5. The van der Waals surface area contributed by atoms with Crippen molar-refractivity contribution in [2.45, 2.75) is 64.3 Å². The van der Waals surface area contributed by atoms with Crippen LogP contribution in [0.3, 0.4) is 0 Å². The summed E-state index contributed by atoms with van der Waals surface area (Å²) in [6.45, 7) is 4.47. The Labute approximate surface area is 154 Å². The predicted octanol–water partition coefficient (Wildman–Crippen LogP) is 4.15. The number of aryl methyl sites for hydroxylation is 1. The lowest BCUT2D eigenvalue weighted by atomic mass is 9.88. The molecule has 0 bridgehead atoms. The maximum atomic E-state index is 13.0. The fourth-order valence-electron chi connectivity index (χ4n) is 3.47. The van der Waals surface area contributed by atoms with Crippen LogP contribution in [0.15, 0.2) is 28.8 Å². The summed E-state index contributed by atoms with van der Waals surface area (Å²) in [6, 6.07) is 7.31. The molecule has 3 rings (SSSR count). The molecule has 0 saturated heterocycles. The Kier molecular flexibility index (Phi) is 5.91. The molecule has 1 heterocycles. The summed E-state index contributed by atoms with van der Waals surface area (Å²) < 4.78 is 10.9. The Hall–Kier alpha value is -2.37. The molecule has 1 aromatic carbocycles. The zero-order valence-corrected chi connectivity index (χ0v) is 15.6. The molecule has 0 spiro atoms. The molecule has 0 unspecified atom stereocenters. The highest BCUT2D eigenvalue weighted by Crippen LogP contribution is 2.35. The zero-order chi connectivity index (χ0) is 18.4. The van der Waals surface area contributed by atoms with Crippen LogP contribution in [0.1, 0.15) is 73.9 Å². The van der Waals surface area contributed by atoms with E-state index in [0.29, 0.717) is 29.6 Å². The summed E-state index contributed by atoms with van der Waals surface area (Å²) in [5, 5.41) is 7.35. The van der Waals surface area contributed by atoms with Gasteiger partial charge in [-0.05, 0) is 37.5 Å². The van der Waals surface area contributed by atoms with Crippen molar-refractivity contribution >= 4 is 5.91 Å². The molecule has 1 saturated carbocycles. The van der Waals surface area contributed by atoms with Gasteiger partial charge in [-0.1, -0.05) is 43.8 Å². The van der Waals surface area contributed by atoms with Gasteiger partial charge in [-0.25, -0.2) is 0 Å². The van der Waals surface area contributed by atoms with E-state index in [1.165, 1.54) is 0 Å². The van der Waals surface area contributed by atoms with Crippen molar-refractivity contribution in [1.82, 2.24) is 15.5 Å². The highest BCUT2D eigenvalue weighted by Gasteiger charge is 2.39. The zero-order valence-electron chi connectivity index (χ0n) is 15.6. The third-order valence-electron chi connectivity index (χ3n) is 4.83. The van der Waals surface area contributed by atoms with Crippen LogP contribution in [-0.2, 0) is 5.54 Å². The lowest BCUT2D eigenvalue weighted by Gasteiger charge is -2.30. The van der Waals surface area contributed by atoms with Crippen molar-refractivity contribution in [2.75, 3.05) is 6.61 Å². The molecule has 1 aliphatic rings. The predicted molar refractivity (Wildman–Crippen MR) is 98.1 cm³/mol. The number of ether oxygens (including phenoxy) is 1. The van der Waals surface area contributed by atoms with Crippen molar-refractivity contribution in [3.8, 4) is 5.75 Å². The van der Waals surface area contributed by atoms with Crippen molar-refractivity contribution < 1.29 is 14.1 Å². The number of nitrogens with one attached hydrogen (secondary N) is 1. The molecule has 26 heavy (non-hydrogen) atoms. The summed E-state index contributed by atoms with van der Waals surface area (Å²) >= 11 is 0. The van der Waals surface area contributed by atoms with Crippen LogP contribution in [0, 0.1) is 6.92 Å². The van der Waals surface area contributed by atoms with E-state index < -0.39 is 5.54 Å². The molecule has 0 radical (unpaired) electrons. The molecule has 0 atom stereocenters. The number of rotatable bonds is 6. The van der Waals surface area contributed by atoms with Gasteiger partial charge in [-0.2, -0.15) is 4.98 Å². The van der Waals surface area contributed by atoms with Crippen LogP contribution in [0.2, 0.25) is 0 Å². The first-order valence-electron chi connectivity index (χ1n) is 9.49. The number of nitrogens with zero attached hydrogens (tertiary/aromatic N) is 2. The van der Waals surface area contributed by atoms with E-state index in [4.69, 9.17) is 9.26 Å². The van der Waals surface area contributed by atoms with Gasteiger partial charge in [0.2, 0.25) is 5.89 Å². The fourth-order valence-corrected chi connectivity index (χ4v) is 3.47. The molecular formula is C20H27N3O3. The van der Waals surface area contributed by atoms with Gasteiger partial charge in [-0.15, -0.1) is 0 Å². The smallest absolute Gasteiger partial charge is 0.252 e. The number of carbonyl (C=O) groups excluding carboxylic acids is 1. The number of carbonyl (C=O) groups is 1. The molecule has 0 aliphatic heterocycles. The second kappa shape index (κ2) is 8.34. The fraction of sp³-hybridized carbons (Fsp3) is 0.550. The Morgan fingerprint density at radius 2 is 2.04 bits per heavy atom. The van der Waals surface area contributed by atoms with Crippen LogP contribution in [0.25, 0.3) is 0 Å². The van der Waals surface area contributed by atoms with E-state index in [2.05, 4.69) is 22.4 Å². The Bertz CT molecular complexity index is 733. The molecular weight excluding hydrogens is 330 g/mol. The van der Waals surface area contributed by atoms with Crippen molar-refractivity contribution in [3.63, 3.8) is 0 Å². The van der Waals surface area contributed by atoms with E-state index in [9.17, 15) is 4.79 Å². The van der Waals surface area contributed by atoms with Crippen LogP contribution in [0.5, 0.6) is 5.75 Å². The Morgan fingerprint density at radius 1 is 1.27 bits per heavy atom. The van der Waals surface area contributed by atoms with E-state index in [1.807, 2.05) is 12.1 Å². The molecule has 1 aromatic heterocycles. The first-order chi connectivity index (χ1) is 12.6. The highest BCUT2D eigenvalue weighted by molar-refractivity contribution is 5.95. The minimum atomic E-state index is -0.564. The molecule has 140 valence electrons. The number of aromatic nitrogens is 2. The van der Waals surface area contributed by atoms with Gasteiger partial charge in [0, 0.05) is 12.5 Å². The topological polar surface area (TPSA) is 77.2 Å². The summed E-state index contributed by atoms with van der Waals surface area (Å²) in [4.78, 5) is 17.4. The number of hydrogen-bond donors (Lipinski definition) is 1. The van der Waals surface area contributed by atoms with Crippen molar-refractivity contribution in [2.24, 2.45) is 0 Å². The standard InChI is InChI=1S/C20H27N3O3/c1-3-13-25-17-10-8-9-16(14-17)18(24)22-20(11-6-4-5-7-12-20)19-21-15(2)26-23-19/h8-10,14H,3-7,11-13H2,1-2H3,(H,22,24). The minimum Gasteiger partial charge on any atom is -0.494 e. The number of benzene rings is 1. The van der Waals surface area contributed by atoms with Crippen LogP contribution in [0.4, 0.5) is 0 Å². The summed E-state index contributed by atoms with van der Waals surface area (Å²) in [7, 11) is 0. The van der Waals surface area contributed by atoms with Gasteiger partial charge >= 0.3 is 0 Å². The second-order valence-corrected chi connectivity index (χ2v) is 6.96. The SMILES string of the molecule is CCCOc1cccc(C(=O)NC2(c3noc(C)n3)CCCCCC2)c1. The molecule has 1 aliphatic carbocycles. The largest absolute Gasteiger partial charge is 0.494 e. The first kappa shape index (κ1) is 18.4. The molecule has 1 fully saturated rings. The maximum absolute atomic E-state index is 13.0. The lowest BCUT2D eigenvalue weighted by molar-refractivity contribution is 0.0876. The van der Waals surface area contributed by atoms with Crippen LogP contribution < -0.4 is 10.1 Å². The molecule has 2 aromatic rings. The van der Waals surface area contributed by atoms with Crippen LogP contribution >= 0.6 is 0 Å². The van der Waals surface area contributed by atoms with Gasteiger partial charge < -0.3 is 14.6 Å². The number of hydrogen-bond acceptors (Lipinski definition) is 5. The lowest BCUT2D eigenvalue weighted by Crippen LogP contribution is -2.46. The minimum absolute atomic E-state index is 0.128. The van der Waals surface area contributed by atoms with Crippen LogP contribution in [-0.4, -0.2) is 22.7 Å². The first-order valence-corrected chi connectivity index (χ1v) is 9.49. The summed E-state index contributed by atoms with van der Waals surface area (Å²) in [6.07, 6.45) is 6.97.